The second-order valence-electron chi connectivity index (χ2n) is 13.3. The van der Waals surface area contributed by atoms with Crippen LogP contribution in [0.25, 0.3) is 0 Å². The zero-order valence-corrected chi connectivity index (χ0v) is 30.1. The van der Waals surface area contributed by atoms with Gasteiger partial charge in [0.15, 0.2) is 0 Å². The number of alkyl carbamates (subject to hydrolysis) is 2. The van der Waals surface area contributed by atoms with Gasteiger partial charge in [-0.1, -0.05) is 77.3 Å². The molecule has 1 saturated carbocycles. The molecule has 0 aromatic heterocycles. The molecule has 4 unspecified atom stereocenters. The molecule has 0 saturated heterocycles. The van der Waals surface area contributed by atoms with E-state index in [9.17, 15) is 33.9 Å². The van der Waals surface area contributed by atoms with Crippen molar-refractivity contribution in [1.29, 1.82) is 0 Å². The number of carbonyl (C=O) groups excluding carboxylic acids is 5. The fourth-order valence-electron chi connectivity index (χ4n) is 5.83. The molecule has 1 aromatic rings. The number of ether oxygens (including phenoxy) is 3. The molecule has 1 aromatic carbocycles. The molecule has 0 heterocycles. The van der Waals surface area contributed by atoms with Crippen molar-refractivity contribution in [2.24, 2.45) is 17.8 Å². The highest BCUT2D eigenvalue weighted by Crippen LogP contribution is 2.25. The number of hydrogen-bond donors (Lipinski definition) is 5. The van der Waals surface area contributed by atoms with Crippen LogP contribution >= 0.6 is 0 Å². The molecule has 1 aliphatic rings. The molecule has 0 radical (unpaired) electrons. The topological polar surface area (TPSA) is 202 Å². The van der Waals surface area contributed by atoms with Gasteiger partial charge in [0.2, 0.25) is 5.91 Å². The maximum atomic E-state index is 13.8. The fourth-order valence-corrected chi connectivity index (χ4v) is 5.83. The molecule has 0 spiro atoms. The van der Waals surface area contributed by atoms with Crippen LogP contribution in [0.2, 0.25) is 0 Å². The summed E-state index contributed by atoms with van der Waals surface area (Å²) in [6.45, 7) is 7.37. The minimum absolute atomic E-state index is 0.0847. The summed E-state index contributed by atoms with van der Waals surface area (Å²) in [5.41, 5.74) is 3.73. The smallest absolute Gasteiger partial charge is 0.407 e. The summed E-state index contributed by atoms with van der Waals surface area (Å²) in [5.74, 6) is -3.49. The zero-order chi connectivity index (χ0) is 37.2. The average molecular weight is 706 g/mol. The Morgan fingerprint density at radius 1 is 0.800 bits per heavy atom. The zero-order valence-electron chi connectivity index (χ0n) is 30.1. The maximum Gasteiger partial charge on any atom is 0.407 e. The van der Waals surface area contributed by atoms with E-state index in [0.717, 1.165) is 37.7 Å². The van der Waals surface area contributed by atoms with E-state index in [2.05, 4.69) is 21.4 Å². The summed E-state index contributed by atoms with van der Waals surface area (Å²) < 4.78 is 15.4. The highest BCUT2D eigenvalue weighted by molar-refractivity contribution is 5.86. The Balaban J connectivity index is 2.56. The lowest BCUT2D eigenvalue weighted by atomic mass is 9.89. The Labute approximate surface area is 294 Å². The van der Waals surface area contributed by atoms with E-state index in [1.165, 1.54) is 14.2 Å². The normalized spacial score (nSPS) is 15.7. The molecular weight excluding hydrogens is 650 g/mol. The number of amides is 4. The first-order chi connectivity index (χ1) is 23.7. The van der Waals surface area contributed by atoms with Gasteiger partial charge >= 0.3 is 24.1 Å². The number of carboxylic acid groups (broad SMARTS) is 1. The summed E-state index contributed by atoms with van der Waals surface area (Å²) in [6.07, 6.45) is 1.65. The Bertz CT molecular complexity index is 1260. The van der Waals surface area contributed by atoms with Crippen molar-refractivity contribution in [2.75, 3.05) is 27.3 Å². The summed E-state index contributed by atoms with van der Waals surface area (Å²) >= 11 is 0. The molecule has 5 N–H and O–H groups in total. The lowest BCUT2D eigenvalue weighted by Crippen LogP contribution is -2.60. The number of carboxylic acids is 1. The summed E-state index contributed by atoms with van der Waals surface area (Å²) in [5, 5.41) is 19.0. The molecule has 0 aliphatic heterocycles. The molecule has 1 aliphatic carbocycles. The largest absolute Gasteiger partial charge is 0.481 e. The van der Waals surface area contributed by atoms with E-state index in [1.54, 1.807) is 32.7 Å². The molecule has 4 atom stereocenters. The van der Waals surface area contributed by atoms with Gasteiger partial charge in [-0.25, -0.2) is 14.6 Å². The van der Waals surface area contributed by atoms with Crippen molar-refractivity contribution in [3.63, 3.8) is 0 Å². The fraction of sp³-hybridized carbons (Fsp3) is 0.657. The van der Waals surface area contributed by atoms with Gasteiger partial charge in [-0.15, -0.1) is 0 Å². The first kappa shape index (κ1) is 41.8. The molecule has 50 heavy (non-hydrogen) atoms. The molecule has 4 amide bonds. The Kier molecular flexibility index (Phi) is 18.1. The van der Waals surface area contributed by atoms with Crippen LogP contribution < -0.4 is 21.4 Å². The lowest BCUT2D eigenvalue weighted by Gasteiger charge is -2.36. The van der Waals surface area contributed by atoms with Crippen molar-refractivity contribution in [3.05, 3.63) is 35.9 Å². The van der Waals surface area contributed by atoms with Crippen LogP contribution in [-0.2, 0) is 39.8 Å². The minimum Gasteiger partial charge on any atom is -0.481 e. The third kappa shape index (κ3) is 15.0. The highest BCUT2D eigenvalue weighted by Gasteiger charge is 2.35. The van der Waals surface area contributed by atoms with Crippen LogP contribution in [0, 0.1) is 17.8 Å². The van der Waals surface area contributed by atoms with Crippen LogP contribution in [0.3, 0.4) is 0 Å². The minimum atomic E-state index is -1.18. The van der Waals surface area contributed by atoms with Gasteiger partial charge < -0.3 is 35.3 Å². The second kappa shape index (κ2) is 21.6. The van der Waals surface area contributed by atoms with Gasteiger partial charge in [-0.05, 0) is 42.6 Å². The van der Waals surface area contributed by atoms with E-state index in [0.29, 0.717) is 6.54 Å². The molecule has 280 valence electrons. The Morgan fingerprint density at radius 2 is 1.36 bits per heavy atom. The van der Waals surface area contributed by atoms with Crippen LogP contribution in [0.4, 0.5) is 9.59 Å². The van der Waals surface area contributed by atoms with Crippen molar-refractivity contribution in [3.8, 4) is 0 Å². The predicted octanol–water partition coefficient (Wildman–Crippen LogP) is 3.17. The van der Waals surface area contributed by atoms with Crippen molar-refractivity contribution in [2.45, 2.75) is 103 Å². The first-order valence-corrected chi connectivity index (χ1v) is 17.2. The number of nitrogens with zero attached hydrogens (tertiary/aromatic N) is 1. The molecule has 1 fully saturated rings. The van der Waals surface area contributed by atoms with Crippen LogP contribution in [0.1, 0.15) is 78.2 Å². The van der Waals surface area contributed by atoms with Gasteiger partial charge in [-0.3, -0.25) is 24.6 Å². The van der Waals surface area contributed by atoms with Crippen molar-refractivity contribution >= 4 is 35.9 Å². The molecule has 2 rings (SSSR count). The third-order valence-corrected chi connectivity index (χ3v) is 8.59. The van der Waals surface area contributed by atoms with E-state index in [1.807, 2.05) is 30.3 Å². The molecule has 15 nitrogen and oxygen atoms in total. The van der Waals surface area contributed by atoms with E-state index >= 15 is 0 Å². The van der Waals surface area contributed by atoms with Crippen LogP contribution in [0.5, 0.6) is 0 Å². The van der Waals surface area contributed by atoms with Gasteiger partial charge in [0.25, 0.3) is 5.91 Å². The number of carbonyl (C=O) groups is 6. The predicted molar refractivity (Wildman–Crippen MR) is 183 cm³/mol. The van der Waals surface area contributed by atoms with E-state index in [4.69, 9.17) is 14.2 Å². The number of nitrogens with one attached hydrogen (secondary N) is 4. The standard InChI is InChI=1S/C35H55N5O10/c1-22(2)30(37-34(46)48-5)32(44)36-26(19-24-13-9-7-10-14-24)27(50-29(43)18-17-28(41)42)21-40(20-25-15-11-8-12-16-25)39-33(45)31(23(3)4)38-35(47)49-6/h7,9-10,13-14,22-23,25-27,30-31H,8,11-12,15-21H2,1-6H3,(H,36,44)(H,37,46)(H,38,47)(H,39,45)(H,41,42). The number of hydrazine groups is 1. The lowest BCUT2D eigenvalue weighted by molar-refractivity contribution is -0.156. The summed E-state index contributed by atoms with van der Waals surface area (Å²) in [6, 6.07) is 6.35. The molecule has 15 heteroatoms. The van der Waals surface area contributed by atoms with Gasteiger partial charge in [0, 0.05) is 6.54 Å². The Morgan fingerprint density at radius 3 is 1.88 bits per heavy atom. The average Bonchev–Trinajstić information content (AvgIpc) is 3.08. The number of methoxy groups -OCH3 is 2. The van der Waals surface area contributed by atoms with Crippen molar-refractivity contribution < 1.29 is 48.1 Å². The van der Waals surface area contributed by atoms with Gasteiger partial charge in [-0.2, -0.15) is 0 Å². The van der Waals surface area contributed by atoms with E-state index in [-0.39, 0.29) is 30.7 Å². The van der Waals surface area contributed by atoms with Crippen LogP contribution in [0.15, 0.2) is 30.3 Å². The monoisotopic (exact) mass is 705 g/mol. The maximum absolute atomic E-state index is 13.8. The summed E-state index contributed by atoms with van der Waals surface area (Å²) in [4.78, 5) is 76.1. The first-order valence-electron chi connectivity index (χ1n) is 17.2. The van der Waals surface area contributed by atoms with Crippen molar-refractivity contribution in [1.82, 2.24) is 26.4 Å². The third-order valence-electron chi connectivity index (χ3n) is 8.59. The number of aliphatic carboxylic acids is 1. The van der Waals surface area contributed by atoms with E-state index < -0.39 is 73.0 Å². The number of esters is 1. The summed E-state index contributed by atoms with van der Waals surface area (Å²) in [7, 11) is 2.39. The number of rotatable bonds is 19. The molecular formula is C35H55N5O10. The SMILES string of the molecule is COC(=O)NC(C(=O)NC(Cc1ccccc1)C(CN(CC1CCCCC1)NC(=O)C(NC(=O)OC)C(C)C)OC(=O)CCC(=O)O)C(C)C. The second-order valence-corrected chi connectivity index (χ2v) is 13.3. The highest BCUT2D eigenvalue weighted by atomic mass is 16.5. The quantitative estimate of drug-likeness (QED) is 0.0804. The van der Waals surface area contributed by atoms with Gasteiger partial charge in [0.05, 0.1) is 39.6 Å². The van der Waals surface area contributed by atoms with Gasteiger partial charge in [0.1, 0.15) is 18.2 Å². The Hall–Kier alpha value is -4.40. The number of hydrogen-bond acceptors (Lipinski definition) is 10. The molecule has 0 bridgehead atoms. The number of benzene rings is 1. The van der Waals surface area contributed by atoms with Crippen LogP contribution in [-0.4, -0.2) is 97.6 Å².